The molecule has 1 unspecified atom stereocenters. The molecule has 264 valence electrons. The second kappa shape index (κ2) is 15.9. The van der Waals surface area contributed by atoms with E-state index in [4.69, 9.17) is 20.9 Å². The van der Waals surface area contributed by atoms with Crippen LogP contribution in [0.1, 0.15) is 85.9 Å². The van der Waals surface area contributed by atoms with E-state index >= 15 is 0 Å². The first-order chi connectivity index (χ1) is 24.6. The molecule has 0 radical (unpaired) electrons. The molecule has 1 saturated heterocycles. The molecule has 6 rings (SSSR count). The lowest BCUT2D eigenvalue weighted by Gasteiger charge is -2.40. The lowest BCUT2D eigenvalue weighted by atomic mass is 9.76. The first-order valence-electron chi connectivity index (χ1n) is 17.7. The Morgan fingerprint density at radius 2 is 1.33 bits per heavy atom. The van der Waals surface area contributed by atoms with Crippen LogP contribution in [-0.4, -0.2) is 51.0 Å². The highest BCUT2D eigenvalue weighted by Crippen LogP contribution is 2.41. The monoisotopic (exact) mass is 704 g/mol. The van der Waals surface area contributed by atoms with Crippen molar-refractivity contribution in [2.24, 2.45) is 0 Å². The summed E-state index contributed by atoms with van der Waals surface area (Å²) >= 11 is 6.02. The molecule has 51 heavy (non-hydrogen) atoms. The average Bonchev–Trinajstić information content (AvgIpc) is 3.69. The van der Waals surface area contributed by atoms with Gasteiger partial charge in [-0.2, -0.15) is 0 Å². The fraction of sp³-hybridized carbons (Fsp3) is 0.350. The molecule has 0 spiro atoms. The standard InChI is InChI=1S/C40H46BClN6O3/c1-38(2)39(3,4)51-41(50-38)27-15-14-22-35(36-45-46-47-48(36)29-28-43-37(49)30-23-25-34(42)26-24-30)44-40(31-16-8-5-9-17-31,32-18-10-6-11-19-32)33-20-12-7-13-21-33/h5-13,16-21,23-26,35,44H,14-15,22,27-29H2,1-4H3,(H,43,49). The van der Waals surface area contributed by atoms with Crippen molar-refractivity contribution < 1.29 is 14.1 Å². The Morgan fingerprint density at radius 1 is 0.804 bits per heavy atom. The molecular formula is C40H46BClN6O3. The summed E-state index contributed by atoms with van der Waals surface area (Å²) in [5.74, 6) is 0.508. The average molecular weight is 705 g/mol. The fourth-order valence-electron chi connectivity index (χ4n) is 6.68. The van der Waals surface area contributed by atoms with Crippen molar-refractivity contribution >= 4 is 24.6 Å². The lowest BCUT2D eigenvalue weighted by molar-refractivity contribution is 0.00578. The summed E-state index contributed by atoms with van der Waals surface area (Å²) in [7, 11) is -0.256. The minimum absolute atomic E-state index is 0.185. The molecule has 2 heterocycles. The summed E-state index contributed by atoms with van der Waals surface area (Å²) in [5.41, 5.74) is 2.36. The van der Waals surface area contributed by atoms with Gasteiger partial charge in [-0.3, -0.25) is 10.1 Å². The molecule has 1 aromatic heterocycles. The van der Waals surface area contributed by atoms with Gasteiger partial charge in [0.25, 0.3) is 5.91 Å². The highest BCUT2D eigenvalue weighted by Gasteiger charge is 2.50. The van der Waals surface area contributed by atoms with Crippen LogP contribution in [-0.2, 0) is 21.4 Å². The van der Waals surface area contributed by atoms with Crippen molar-refractivity contribution in [3.63, 3.8) is 0 Å². The van der Waals surface area contributed by atoms with Gasteiger partial charge in [0.1, 0.15) is 0 Å². The first-order valence-corrected chi connectivity index (χ1v) is 18.1. The fourth-order valence-corrected chi connectivity index (χ4v) is 6.81. The molecule has 0 bridgehead atoms. The highest BCUT2D eigenvalue weighted by atomic mass is 35.5. The number of carbonyl (C=O) groups is 1. The largest absolute Gasteiger partial charge is 0.457 e. The van der Waals surface area contributed by atoms with Crippen LogP contribution >= 0.6 is 11.6 Å². The number of nitrogens with one attached hydrogen (secondary N) is 2. The van der Waals surface area contributed by atoms with Gasteiger partial charge < -0.3 is 14.6 Å². The topological polar surface area (TPSA) is 103 Å². The summed E-state index contributed by atoms with van der Waals surface area (Å²) in [6.07, 6.45) is 3.28. The number of rotatable bonds is 15. The van der Waals surface area contributed by atoms with Gasteiger partial charge in [-0.1, -0.05) is 115 Å². The van der Waals surface area contributed by atoms with Crippen molar-refractivity contribution in [3.8, 4) is 0 Å². The van der Waals surface area contributed by atoms with Crippen LogP contribution in [0.15, 0.2) is 115 Å². The SMILES string of the molecule is CC1(C)OB(CCCCC(NC(c2ccccc2)(c2ccccc2)c2ccccc2)c2nnnn2CCNC(=O)c2ccc(Cl)cc2)OC1(C)C. The maximum atomic E-state index is 12.9. The quantitative estimate of drug-likeness (QED) is 0.0656. The minimum atomic E-state index is -0.736. The normalized spacial score (nSPS) is 15.8. The summed E-state index contributed by atoms with van der Waals surface area (Å²) in [5, 5.41) is 20.8. The van der Waals surface area contributed by atoms with E-state index in [1.807, 2.05) is 18.2 Å². The minimum Gasteiger partial charge on any atom is -0.403 e. The van der Waals surface area contributed by atoms with E-state index in [9.17, 15) is 4.79 Å². The summed E-state index contributed by atoms with van der Waals surface area (Å²) in [4.78, 5) is 12.9. The van der Waals surface area contributed by atoms with Crippen molar-refractivity contribution in [1.29, 1.82) is 0 Å². The molecule has 0 aliphatic carbocycles. The number of hydrogen-bond donors (Lipinski definition) is 2. The second-order valence-electron chi connectivity index (χ2n) is 14.0. The number of aromatic nitrogens is 4. The Bertz CT molecular complexity index is 1740. The van der Waals surface area contributed by atoms with Gasteiger partial charge in [0, 0.05) is 17.1 Å². The van der Waals surface area contributed by atoms with Crippen LogP contribution in [0.2, 0.25) is 11.3 Å². The van der Waals surface area contributed by atoms with Gasteiger partial charge in [0.2, 0.25) is 0 Å². The number of nitrogens with zero attached hydrogens (tertiary/aromatic N) is 4. The van der Waals surface area contributed by atoms with Crippen LogP contribution in [0.4, 0.5) is 0 Å². The van der Waals surface area contributed by atoms with Crippen molar-refractivity contribution in [1.82, 2.24) is 30.8 Å². The molecule has 11 heteroatoms. The highest BCUT2D eigenvalue weighted by molar-refractivity contribution is 6.45. The first kappa shape index (κ1) is 36.4. The third-order valence-corrected chi connectivity index (χ3v) is 10.3. The zero-order chi connectivity index (χ0) is 35.9. The third kappa shape index (κ3) is 8.26. The molecule has 9 nitrogen and oxygen atoms in total. The van der Waals surface area contributed by atoms with Gasteiger partial charge in [-0.05, 0) is 91.8 Å². The van der Waals surface area contributed by atoms with E-state index < -0.39 is 5.54 Å². The molecule has 1 aliphatic heterocycles. The van der Waals surface area contributed by atoms with Crippen LogP contribution < -0.4 is 10.6 Å². The van der Waals surface area contributed by atoms with Crippen LogP contribution in [0.5, 0.6) is 0 Å². The maximum Gasteiger partial charge on any atom is 0.457 e. The molecule has 1 aliphatic rings. The second-order valence-corrected chi connectivity index (χ2v) is 14.5. The zero-order valence-electron chi connectivity index (χ0n) is 29.8. The third-order valence-electron chi connectivity index (χ3n) is 10.1. The number of benzene rings is 4. The summed E-state index contributed by atoms with van der Waals surface area (Å²) < 4.78 is 14.4. The zero-order valence-corrected chi connectivity index (χ0v) is 30.5. The number of amides is 1. The maximum absolute atomic E-state index is 12.9. The van der Waals surface area contributed by atoms with E-state index in [2.05, 4.69) is 127 Å². The predicted molar refractivity (Wildman–Crippen MR) is 201 cm³/mol. The van der Waals surface area contributed by atoms with Gasteiger partial charge in [-0.15, -0.1) is 5.10 Å². The molecule has 4 aromatic carbocycles. The van der Waals surface area contributed by atoms with Crippen LogP contribution in [0.25, 0.3) is 0 Å². The Balaban J connectivity index is 1.30. The van der Waals surface area contributed by atoms with E-state index in [0.717, 1.165) is 42.3 Å². The molecule has 1 amide bonds. The van der Waals surface area contributed by atoms with E-state index in [0.29, 0.717) is 29.5 Å². The van der Waals surface area contributed by atoms with Gasteiger partial charge in [0.05, 0.1) is 29.3 Å². The number of tetrazole rings is 1. The molecule has 1 fully saturated rings. The Hall–Kier alpha value is -4.35. The Labute approximate surface area is 306 Å². The number of unbranched alkanes of at least 4 members (excludes halogenated alkanes) is 1. The molecule has 2 N–H and O–H groups in total. The van der Waals surface area contributed by atoms with E-state index in [-0.39, 0.29) is 30.3 Å². The molecule has 1 atom stereocenters. The van der Waals surface area contributed by atoms with Gasteiger partial charge in [0.15, 0.2) is 5.82 Å². The number of carbonyl (C=O) groups excluding carboxylic acids is 1. The van der Waals surface area contributed by atoms with Crippen molar-refractivity contribution in [2.45, 2.75) is 82.6 Å². The van der Waals surface area contributed by atoms with E-state index in [1.54, 1.807) is 28.9 Å². The summed E-state index contributed by atoms with van der Waals surface area (Å²) in [6.45, 7) is 9.07. The predicted octanol–water partition coefficient (Wildman–Crippen LogP) is 7.64. The molecule has 5 aromatic rings. The van der Waals surface area contributed by atoms with Gasteiger partial charge in [-0.25, -0.2) is 4.68 Å². The molecule has 0 saturated carbocycles. The smallest absolute Gasteiger partial charge is 0.403 e. The molecular weight excluding hydrogens is 659 g/mol. The summed E-state index contributed by atoms with van der Waals surface area (Å²) in [6, 6.07) is 38.1. The Kier molecular flexibility index (Phi) is 11.4. The Morgan fingerprint density at radius 3 is 1.86 bits per heavy atom. The lowest BCUT2D eigenvalue weighted by Crippen LogP contribution is -2.47. The van der Waals surface area contributed by atoms with Gasteiger partial charge >= 0.3 is 7.12 Å². The number of hydrogen-bond acceptors (Lipinski definition) is 7. The van der Waals surface area contributed by atoms with Crippen molar-refractivity contribution in [2.75, 3.05) is 6.54 Å². The van der Waals surface area contributed by atoms with Crippen molar-refractivity contribution in [3.05, 3.63) is 148 Å². The van der Waals surface area contributed by atoms with Crippen LogP contribution in [0, 0.1) is 0 Å². The number of halogens is 1. The van der Waals surface area contributed by atoms with Crippen LogP contribution in [0.3, 0.4) is 0 Å². The van der Waals surface area contributed by atoms with E-state index in [1.165, 1.54) is 0 Å².